The van der Waals surface area contributed by atoms with Crippen molar-refractivity contribution in [1.29, 1.82) is 0 Å². The van der Waals surface area contributed by atoms with Gasteiger partial charge in [0.25, 0.3) is 5.69 Å². The fourth-order valence-corrected chi connectivity index (χ4v) is 3.39. The normalized spacial score (nSPS) is 12.9. The molecule has 0 spiro atoms. The fraction of sp³-hybridized carbons (Fsp3) is 0. The summed E-state index contributed by atoms with van der Waals surface area (Å²) < 4.78 is 34.4. The van der Waals surface area contributed by atoms with Crippen LogP contribution in [0.2, 0.25) is 0 Å². The predicted octanol–water partition coefficient (Wildman–Crippen LogP) is -1.72. The van der Waals surface area contributed by atoms with E-state index in [-0.39, 0.29) is 46.2 Å². The zero-order chi connectivity index (χ0) is 16.9. The van der Waals surface area contributed by atoms with Gasteiger partial charge < -0.3 is 4.55 Å². The molecule has 0 heterocycles. The van der Waals surface area contributed by atoms with E-state index >= 15 is 0 Å². The zero-order valence-electron chi connectivity index (χ0n) is 12.2. The number of nitrogens with zero attached hydrogens (tertiary/aromatic N) is 1. The maximum Gasteiger partial charge on any atom is 1.00 e. The minimum absolute atomic E-state index is 0. The van der Waals surface area contributed by atoms with Crippen LogP contribution >= 0.6 is 0 Å². The van der Waals surface area contributed by atoms with Gasteiger partial charge in [-0.3, -0.25) is 19.7 Å². The van der Waals surface area contributed by atoms with Crippen molar-refractivity contribution in [3.63, 3.8) is 0 Å². The molecule has 0 amide bonds. The van der Waals surface area contributed by atoms with Crippen molar-refractivity contribution in [3.8, 4) is 0 Å². The van der Waals surface area contributed by atoms with E-state index in [1.54, 1.807) is 0 Å². The van der Waals surface area contributed by atoms with E-state index in [1.807, 2.05) is 0 Å². The van der Waals surface area contributed by atoms with Crippen LogP contribution in [0.5, 0.6) is 0 Å². The Balaban J connectivity index is 0.00000208. The molecule has 1 aliphatic rings. The topological polar surface area (TPSA) is 134 Å². The fourth-order valence-electron chi connectivity index (χ4n) is 2.54. The van der Waals surface area contributed by atoms with Gasteiger partial charge in [0.15, 0.2) is 11.6 Å². The molecule has 0 radical (unpaired) electrons. The Kier molecular flexibility index (Phi) is 4.75. The first-order valence-electron chi connectivity index (χ1n) is 6.19. The van der Waals surface area contributed by atoms with Crippen LogP contribution < -0.4 is 29.6 Å². The number of benzene rings is 2. The first kappa shape index (κ1) is 18.4. The Morgan fingerprint density at radius 1 is 0.875 bits per heavy atom. The van der Waals surface area contributed by atoms with Crippen LogP contribution in [0.15, 0.2) is 41.3 Å². The molecule has 1 aliphatic carbocycles. The number of fused-ring (bicyclic) bond motifs is 2. The molecule has 0 unspecified atom stereocenters. The van der Waals surface area contributed by atoms with Crippen LogP contribution in [-0.2, 0) is 10.1 Å². The Labute approximate surface area is 157 Å². The number of carbonyl (C=O) groups excluding carboxylic acids is 2. The van der Waals surface area contributed by atoms with Gasteiger partial charge in [0.05, 0.1) is 10.5 Å². The van der Waals surface area contributed by atoms with Gasteiger partial charge in [0.2, 0.25) is 0 Å². The Morgan fingerprint density at radius 3 is 1.92 bits per heavy atom. The standard InChI is InChI=1S/C14H7NO7S.Na/c16-12-7-3-1-2-4-8(7)13(17)11-9(12)5-6-10(15(18)19)14(11)23(20,21)22;/h1-6H,(H,20,21,22);/q;+1/p-1. The monoisotopic (exact) mass is 355 g/mol. The summed E-state index contributed by atoms with van der Waals surface area (Å²) in [5, 5.41) is 11.0. The first-order chi connectivity index (χ1) is 10.7. The third-order valence-electron chi connectivity index (χ3n) is 3.47. The van der Waals surface area contributed by atoms with Crippen molar-refractivity contribution in [2.45, 2.75) is 4.90 Å². The largest absolute Gasteiger partial charge is 1.00 e. The summed E-state index contributed by atoms with van der Waals surface area (Å²) in [6.07, 6.45) is 0. The zero-order valence-corrected chi connectivity index (χ0v) is 15.0. The molecule has 0 aromatic heterocycles. The summed E-state index contributed by atoms with van der Waals surface area (Å²) in [5.74, 6) is -1.58. The van der Waals surface area contributed by atoms with E-state index in [9.17, 15) is 32.7 Å². The molecule has 24 heavy (non-hydrogen) atoms. The van der Waals surface area contributed by atoms with Gasteiger partial charge in [-0.05, 0) is 6.07 Å². The van der Waals surface area contributed by atoms with Crippen LogP contribution in [0.3, 0.4) is 0 Å². The van der Waals surface area contributed by atoms with E-state index in [2.05, 4.69) is 0 Å². The van der Waals surface area contributed by atoms with E-state index in [0.29, 0.717) is 0 Å². The summed E-state index contributed by atoms with van der Waals surface area (Å²) in [6, 6.07) is 7.37. The van der Waals surface area contributed by atoms with Crippen LogP contribution in [0, 0.1) is 10.1 Å². The predicted molar refractivity (Wildman–Crippen MR) is 74.4 cm³/mol. The van der Waals surface area contributed by atoms with Crippen molar-refractivity contribution < 1.29 is 57.0 Å². The summed E-state index contributed by atoms with van der Waals surface area (Å²) in [7, 11) is -5.34. The maximum absolute atomic E-state index is 12.5. The van der Waals surface area contributed by atoms with E-state index in [1.165, 1.54) is 24.3 Å². The SMILES string of the molecule is O=C1c2ccccc2C(=O)c2c1ccc([N+](=O)[O-])c2S(=O)(=O)[O-].[Na+]. The van der Waals surface area contributed by atoms with E-state index < -0.39 is 42.8 Å². The number of rotatable bonds is 2. The molecule has 10 heteroatoms. The Morgan fingerprint density at radius 2 is 1.42 bits per heavy atom. The quantitative estimate of drug-likeness (QED) is 0.231. The molecule has 0 fully saturated rings. The number of nitro benzene ring substituents is 1. The second kappa shape index (κ2) is 6.19. The Hall–Kier alpha value is -1.91. The molecule has 3 rings (SSSR count). The summed E-state index contributed by atoms with van der Waals surface area (Å²) in [6.45, 7) is 0. The second-order valence-corrected chi connectivity index (χ2v) is 6.07. The molecule has 0 bridgehead atoms. The number of hydrogen-bond donors (Lipinski definition) is 0. The summed E-state index contributed by atoms with van der Waals surface area (Å²) in [5.41, 5.74) is -2.16. The third-order valence-corrected chi connectivity index (χ3v) is 4.38. The average molecular weight is 355 g/mol. The maximum atomic E-state index is 12.5. The molecule has 2 aromatic rings. The van der Waals surface area contributed by atoms with E-state index in [0.717, 1.165) is 12.1 Å². The van der Waals surface area contributed by atoms with Crippen molar-refractivity contribution in [2.75, 3.05) is 0 Å². The second-order valence-electron chi connectivity index (χ2n) is 4.75. The summed E-state index contributed by atoms with van der Waals surface area (Å²) in [4.78, 5) is 33.6. The van der Waals surface area contributed by atoms with Crippen LogP contribution in [0.25, 0.3) is 0 Å². The molecule has 2 aromatic carbocycles. The smallest absolute Gasteiger partial charge is 0.744 e. The molecule has 0 saturated heterocycles. The van der Waals surface area contributed by atoms with Gasteiger partial charge in [-0.15, -0.1) is 0 Å². The van der Waals surface area contributed by atoms with Crippen molar-refractivity contribution >= 4 is 27.4 Å². The summed E-state index contributed by atoms with van der Waals surface area (Å²) >= 11 is 0. The van der Waals surface area contributed by atoms with Gasteiger partial charge in [0, 0.05) is 22.8 Å². The molecule has 8 nitrogen and oxygen atoms in total. The van der Waals surface area contributed by atoms with Crippen molar-refractivity contribution in [1.82, 2.24) is 0 Å². The van der Waals surface area contributed by atoms with E-state index in [4.69, 9.17) is 0 Å². The van der Waals surface area contributed by atoms with Gasteiger partial charge in [0.1, 0.15) is 15.0 Å². The molecule has 116 valence electrons. The first-order valence-corrected chi connectivity index (χ1v) is 7.60. The van der Waals surface area contributed by atoms with Crippen LogP contribution in [-0.4, -0.2) is 29.5 Å². The minimum Gasteiger partial charge on any atom is -0.744 e. The molecule has 0 aliphatic heterocycles. The van der Waals surface area contributed by atoms with Gasteiger partial charge in [-0.1, -0.05) is 24.3 Å². The number of hydrogen-bond acceptors (Lipinski definition) is 7. The molecule has 0 saturated carbocycles. The molecular formula is C14H6NNaO7S. The van der Waals surface area contributed by atoms with Gasteiger partial charge >= 0.3 is 29.6 Å². The average Bonchev–Trinajstić information content (AvgIpc) is 2.50. The number of nitro groups is 1. The van der Waals surface area contributed by atoms with Crippen LogP contribution in [0.1, 0.15) is 31.8 Å². The minimum atomic E-state index is -5.34. The number of ketones is 2. The van der Waals surface area contributed by atoms with Crippen molar-refractivity contribution in [3.05, 3.63) is 68.8 Å². The molecule has 0 atom stereocenters. The van der Waals surface area contributed by atoms with Crippen LogP contribution in [0.4, 0.5) is 5.69 Å². The third kappa shape index (κ3) is 2.70. The number of carbonyl (C=O) groups is 2. The molecular weight excluding hydrogens is 349 g/mol. The van der Waals surface area contributed by atoms with Gasteiger partial charge in [-0.25, -0.2) is 8.42 Å². The Bertz CT molecular complexity index is 1010. The molecule has 0 N–H and O–H groups in total. The van der Waals surface area contributed by atoms with Gasteiger partial charge in [-0.2, -0.15) is 0 Å². The van der Waals surface area contributed by atoms with Crippen molar-refractivity contribution in [2.24, 2.45) is 0 Å².